The van der Waals surface area contributed by atoms with Crippen molar-refractivity contribution in [3.8, 4) is 0 Å². The zero-order valence-electron chi connectivity index (χ0n) is 8.41. The molecule has 0 aliphatic carbocycles. The molecule has 0 aromatic carbocycles. The monoisotopic (exact) mass is 198 g/mol. The first-order valence-electron chi connectivity index (χ1n) is 5.49. The molecule has 2 fully saturated rings. The van der Waals surface area contributed by atoms with Crippen molar-refractivity contribution in [3.63, 3.8) is 0 Å². The summed E-state index contributed by atoms with van der Waals surface area (Å²) in [6, 6.07) is -0.110. The van der Waals surface area contributed by atoms with Crippen LogP contribution < -0.4 is 5.32 Å². The molecule has 0 aromatic heterocycles. The number of carboxylic acids is 1. The molecule has 2 aliphatic rings. The predicted octanol–water partition coefficient (Wildman–Crippen LogP) is 0.287. The highest BCUT2D eigenvalue weighted by atomic mass is 16.4. The van der Waals surface area contributed by atoms with Gasteiger partial charge in [-0.05, 0) is 38.9 Å². The zero-order valence-corrected chi connectivity index (χ0v) is 8.41. The van der Waals surface area contributed by atoms with Crippen LogP contribution in [-0.4, -0.2) is 47.7 Å². The van der Waals surface area contributed by atoms with Gasteiger partial charge in [0.25, 0.3) is 0 Å². The van der Waals surface area contributed by atoms with Gasteiger partial charge >= 0.3 is 5.97 Å². The molecule has 2 atom stereocenters. The topological polar surface area (TPSA) is 52.6 Å². The molecule has 2 aliphatic heterocycles. The third kappa shape index (κ3) is 1.91. The van der Waals surface area contributed by atoms with Crippen LogP contribution in [0.5, 0.6) is 0 Å². The van der Waals surface area contributed by atoms with E-state index in [4.69, 9.17) is 5.11 Å². The molecule has 4 heteroatoms. The van der Waals surface area contributed by atoms with Crippen LogP contribution in [0.2, 0.25) is 0 Å². The van der Waals surface area contributed by atoms with Gasteiger partial charge < -0.3 is 10.4 Å². The first-order chi connectivity index (χ1) is 6.79. The number of piperidine rings is 1. The van der Waals surface area contributed by atoms with Gasteiger partial charge in [-0.1, -0.05) is 6.42 Å². The van der Waals surface area contributed by atoms with Gasteiger partial charge in [0.05, 0.1) is 0 Å². The molecule has 4 nitrogen and oxygen atoms in total. The Bertz CT molecular complexity index is 214. The number of carboxylic acid groups (broad SMARTS) is 1. The molecular formula is C10H18N2O2. The fourth-order valence-corrected chi connectivity index (χ4v) is 2.58. The molecule has 2 saturated heterocycles. The molecule has 0 saturated carbocycles. The minimum Gasteiger partial charge on any atom is -0.480 e. The Balaban J connectivity index is 1.97. The number of rotatable bonds is 2. The van der Waals surface area contributed by atoms with Crippen molar-refractivity contribution < 1.29 is 9.90 Å². The van der Waals surface area contributed by atoms with Crippen molar-refractivity contribution in [1.29, 1.82) is 0 Å². The van der Waals surface area contributed by atoms with E-state index in [2.05, 4.69) is 10.2 Å². The summed E-state index contributed by atoms with van der Waals surface area (Å²) in [5, 5.41) is 12.1. The quantitative estimate of drug-likeness (QED) is 0.669. The van der Waals surface area contributed by atoms with Crippen molar-refractivity contribution in [1.82, 2.24) is 10.2 Å². The lowest BCUT2D eigenvalue weighted by Gasteiger charge is -2.33. The SMILES string of the molecule is O=C(O)C1NCCC1N1CCCCC1. The van der Waals surface area contributed by atoms with E-state index in [1.54, 1.807) is 0 Å². The average Bonchev–Trinajstić information content (AvgIpc) is 2.67. The summed E-state index contributed by atoms with van der Waals surface area (Å²) in [6.45, 7) is 3.00. The van der Waals surface area contributed by atoms with E-state index in [-0.39, 0.29) is 12.1 Å². The largest absolute Gasteiger partial charge is 0.480 e. The standard InChI is InChI=1S/C10H18N2O2/c13-10(14)9-8(4-5-11-9)12-6-2-1-3-7-12/h8-9,11H,1-7H2,(H,13,14). The third-order valence-electron chi connectivity index (χ3n) is 3.31. The normalized spacial score (nSPS) is 34.6. The number of nitrogens with zero attached hydrogens (tertiary/aromatic N) is 1. The highest BCUT2D eigenvalue weighted by Crippen LogP contribution is 2.20. The number of nitrogens with one attached hydrogen (secondary N) is 1. The van der Waals surface area contributed by atoms with Crippen LogP contribution in [0.3, 0.4) is 0 Å². The maximum Gasteiger partial charge on any atom is 0.322 e. The van der Waals surface area contributed by atoms with Crippen LogP contribution >= 0.6 is 0 Å². The van der Waals surface area contributed by atoms with Crippen LogP contribution in [0.4, 0.5) is 0 Å². The highest BCUT2D eigenvalue weighted by Gasteiger charge is 2.36. The zero-order chi connectivity index (χ0) is 9.97. The Kier molecular flexibility index (Phi) is 3.03. The number of hydrogen-bond donors (Lipinski definition) is 2. The van der Waals surface area contributed by atoms with Crippen molar-refractivity contribution >= 4 is 5.97 Å². The van der Waals surface area contributed by atoms with E-state index in [1.807, 2.05) is 0 Å². The molecular weight excluding hydrogens is 180 g/mol. The molecule has 0 bridgehead atoms. The lowest BCUT2D eigenvalue weighted by atomic mass is 10.0. The lowest BCUT2D eigenvalue weighted by Crippen LogP contribution is -2.49. The molecule has 0 aromatic rings. The number of carbonyl (C=O) groups is 1. The van der Waals surface area contributed by atoms with Gasteiger partial charge in [0.15, 0.2) is 0 Å². The van der Waals surface area contributed by atoms with Gasteiger partial charge in [0, 0.05) is 6.04 Å². The van der Waals surface area contributed by atoms with E-state index in [0.29, 0.717) is 0 Å². The minimum atomic E-state index is -0.696. The van der Waals surface area contributed by atoms with Gasteiger partial charge in [-0.2, -0.15) is 0 Å². The Labute approximate surface area is 84.3 Å². The molecule has 14 heavy (non-hydrogen) atoms. The van der Waals surface area contributed by atoms with Crippen molar-refractivity contribution in [3.05, 3.63) is 0 Å². The van der Waals surface area contributed by atoms with E-state index < -0.39 is 5.97 Å². The van der Waals surface area contributed by atoms with Crippen LogP contribution in [0.1, 0.15) is 25.7 Å². The van der Waals surface area contributed by atoms with Crippen molar-refractivity contribution in [2.75, 3.05) is 19.6 Å². The maximum atomic E-state index is 11.0. The highest BCUT2D eigenvalue weighted by molar-refractivity contribution is 5.75. The first kappa shape index (κ1) is 9.93. The fraction of sp³-hybridized carbons (Fsp3) is 0.900. The summed E-state index contributed by atoms with van der Waals surface area (Å²) >= 11 is 0. The number of likely N-dealkylation sites (tertiary alicyclic amines) is 1. The summed E-state index contributed by atoms with van der Waals surface area (Å²) in [4.78, 5) is 13.3. The summed E-state index contributed by atoms with van der Waals surface area (Å²) in [5.41, 5.74) is 0. The van der Waals surface area contributed by atoms with Gasteiger partial charge in [0.2, 0.25) is 0 Å². The molecule has 80 valence electrons. The molecule has 0 spiro atoms. The van der Waals surface area contributed by atoms with E-state index in [0.717, 1.165) is 26.1 Å². The smallest absolute Gasteiger partial charge is 0.322 e. The molecule has 2 unspecified atom stereocenters. The van der Waals surface area contributed by atoms with Gasteiger partial charge in [0.1, 0.15) is 6.04 Å². The Morgan fingerprint density at radius 1 is 1.29 bits per heavy atom. The number of aliphatic carboxylic acids is 1. The fourth-order valence-electron chi connectivity index (χ4n) is 2.58. The van der Waals surface area contributed by atoms with Crippen LogP contribution in [0.15, 0.2) is 0 Å². The average molecular weight is 198 g/mol. The summed E-state index contributed by atoms with van der Waals surface area (Å²) < 4.78 is 0. The first-order valence-corrected chi connectivity index (χ1v) is 5.49. The second-order valence-corrected chi connectivity index (χ2v) is 4.22. The van der Waals surface area contributed by atoms with Gasteiger partial charge in [-0.15, -0.1) is 0 Å². The lowest BCUT2D eigenvalue weighted by molar-refractivity contribution is -0.140. The molecule has 2 rings (SSSR count). The third-order valence-corrected chi connectivity index (χ3v) is 3.31. The predicted molar refractivity (Wildman–Crippen MR) is 53.3 cm³/mol. The summed E-state index contributed by atoms with van der Waals surface area (Å²) in [7, 11) is 0. The summed E-state index contributed by atoms with van der Waals surface area (Å²) in [6.07, 6.45) is 4.73. The Morgan fingerprint density at radius 2 is 2.00 bits per heavy atom. The van der Waals surface area contributed by atoms with Crippen LogP contribution in [0, 0.1) is 0 Å². The van der Waals surface area contributed by atoms with E-state index in [1.165, 1.54) is 19.3 Å². The second kappa shape index (κ2) is 4.28. The maximum absolute atomic E-state index is 11.0. The van der Waals surface area contributed by atoms with Crippen LogP contribution in [0.25, 0.3) is 0 Å². The van der Waals surface area contributed by atoms with E-state index in [9.17, 15) is 4.79 Å². The van der Waals surface area contributed by atoms with Gasteiger partial charge in [-0.25, -0.2) is 0 Å². The minimum absolute atomic E-state index is 0.229. The number of hydrogen-bond acceptors (Lipinski definition) is 3. The van der Waals surface area contributed by atoms with E-state index >= 15 is 0 Å². The Morgan fingerprint density at radius 3 is 2.64 bits per heavy atom. The van der Waals surface area contributed by atoms with Gasteiger partial charge in [-0.3, -0.25) is 9.69 Å². The van der Waals surface area contributed by atoms with Crippen molar-refractivity contribution in [2.24, 2.45) is 0 Å². The molecule has 0 radical (unpaired) electrons. The Hall–Kier alpha value is -0.610. The van der Waals surface area contributed by atoms with Crippen molar-refractivity contribution in [2.45, 2.75) is 37.8 Å². The second-order valence-electron chi connectivity index (χ2n) is 4.22. The molecule has 2 heterocycles. The molecule has 0 amide bonds. The van der Waals surface area contributed by atoms with Crippen LogP contribution in [-0.2, 0) is 4.79 Å². The molecule has 2 N–H and O–H groups in total. The summed E-state index contributed by atoms with van der Waals surface area (Å²) in [5.74, 6) is -0.696.